The van der Waals surface area contributed by atoms with Crippen LogP contribution in [-0.4, -0.2) is 0 Å². The Balaban J connectivity index is 1.73. The summed E-state index contributed by atoms with van der Waals surface area (Å²) < 4.78 is 5.83. The highest BCUT2D eigenvalue weighted by Gasteiger charge is 2.04. The van der Waals surface area contributed by atoms with E-state index >= 15 is 0 Å². The second kappa shape index (κ2) is 6.33. The van der Waals surface area contributed by atoms with Crippen molar-refractivity contribution < 1.29 is 4.42 Å². The molecule has 0 aliphatic rings. The third kappa shape index (κ3) is 2.94. The molecule has 0 atom stereocenters. The van der Waals surface area contributed by atoms with Crippen molar-refractivity contribution in [3.8, 4) is 0 Å². The molecular formula is C23H19NO. The van der Waals surface area contributed by atoms with Crippen LogP contribution >= 0.6 is 0 Å². The van der Waals surface area contributed by atoms with Crippen molar-refractivity contribution in [3.05, 3.63) is 83.4 Å². The van der Waals surface area contributed by atoms with Crippen LogP contribution in [0.4, 0.5) is 11.4 Å². The van der Waals surface area contributed by atoms with E-state index in [9.17, 15) is 0 Å². The molecule has 25 heavy (non-hydrogen) atoms. The fraction of sp³-hybridized carbons (Fsp3) is 0.0435. The molecule has 4 aromatic rings. The van der Waals surface area contributed by atoms with Crippen molar-refractivity contribution in [1.82, 2.24) is 0 Å². The molecule has 0 aliphatic carbocycles. The monoisotopic (exact) mass is 325 g/mol. The molecule has 0 aliphatic heterocycles. The van der Waals surface area contributed by atoms with E-state index in [2.05, 4.69) is 66.5 Å². The van der Waals surface area contributed by atoms with Crippen molar-refractivity contribution in [2.24, 2.45) is 0 Å². The minimum Gasteiger partial charge on any atom is -0.457 e. The molecule has 0 amide bonds. The van der Waals surface area contributed by atoms with E-state index in [1.807, 2.05) is 31.2 Å². The molecule has 0 bridgehead atoms. The van der Waals surface area contributed by atoms with E-state index in [-0.39, 0.29) is 0 Å². The van der Waals surface area contributed by atoms with E-state index in [0.717, 1.165) is 27.6 Å². The number of nitrogens with one attached hydrogen (secondary N) is 1. The standard InChI is InChI=1S/C23H19NO/c1-3-4-9-21-16(2)25-23-15-20(12-13-22(21)23)24-19-11-10-17-7-5-6-8-18(17)14-19/h3-15,24H,2H2,1H3/b4-3-,21-9+. The van der Waals surface area contributed by atoms with Gasteiger partial charge in [-0.05, 0) is 42.0 Å². The number of allylic oxidation sites excluding steroid dienone is 2. The van der Waals surface area contributed by atoms with Gasteiger partial charge in [-0.15, -0.1) is 0 Å². The van der Waals surface area contributed by atoms with Crippen LogP contribution < -0.4 is 16.0 Å². The highest BCUT2D eigenvalue weighted by Crippen LogP contribution is 2.24. The minimum atomic E-state index is 0.691. The van der Waals surface area contributed by atoms with Crippen LogP contribution in [0.1, 0.15) is 6.92 Å². The number of anilines is 2. The molecule has 0 fully saturated rings. The molecule has 4 rings (SSSR count). The van der Waals surface area contributed by atoms with Crippen LogP contribution in [0, 0.1) is 0 Å². The van der Waals surface area contributed by atoms with E-state index in [4.69, 9.17) is 4.42 Å². The second-order valence-corrected chi connectivity index (χ2v) is 6.03. The Morgan fingerprint density at radius 1 is 0.920 bits per heavy atom. The Morgan fingerprint density at radius 3 is 2.52 bits per heavy atom. The molecule has 1 N–H and O–H groups in total. The smallest absolute Gasteiger partial charge is 0.137 e. The average Bonchev–Trinajstić information content (AvgIpc) is 2.94. The molecule has 0 radical (unpaired) electrons. The Labute approximate surface area is 146 Å². The molecule has 2 heteroatoms. The summed E-state index contributed by atoms with van der Waals surface area (Å²) in [7, 11) is 0. The summed E-state index contributed by atoms with van der Waals surface area (Å²) in [4.78, 5) is 0. The molecule has 1 aromatic heterocycles. The Bertz CT molecular complexity index is 1200. The largest absolute Gasteiger partial charge is 0.457 e. The zero-order chi connectivity index (χ0) is 17.2. The van der Waals surface area contributed by atoms with Crippen LogP contribution in [0.25, 0.3) is 34.4 Å². The van der Waals surface area contributed by atoms with Gasteiger partial charge in [-0.1, -0.05) is 55.1 Å². The first-order valence-corrected chi connectivity index (χ1v) is 8.35. The number of hydrogen-bond acceptors (Lipinski definition) is 2. The lowest BCUT2D eigenvalue weighted by molar-refractivity contribution is 0.577. The fourth-order valence-corrected chi connectivity index (χ4v) is 3.05. The SMILES string of the molecule is C=c1oc2cc(Nc3ccc4ccccc4c3)ccc2/c1=C/C=C\C. The normalized spacial score (nSPS) is 12.4. The van der Waals surface area contributed by atoms with E-state index in [1.54, 1.807) is 0 Å². The van der Waals surface area contributed by atoms with Crippen molar-refractivity contribution in [2.75, 3.05) is 5.32 Å². The van der Waals surface area contributed by atoms with Gasteiger partial charge in [0.05, 0.1) is 0 Å². The Hall–Kier alpha value is -3.26. The van der Waals surface area contributed by atoms with Gasteiger partial charge >= 0.3 is 0 Å². The van der Waals surface area contributed by atoms with Crippen LogP contribution in [0.2, 0.25) is 0 Å². The van der Waals surface area contributed by atoms with Gasteiger partial charge in [0, 0.05) is 28.0 Å². The predicted octanol–water partition coefficient (Wildman–Crippen LogP) is 5.10. The summed E-state index contributed by atoms with van der Waals surface area (Å²) in [5.41, 5.74) is 3.58. The summed E-state index contributed by atoms with van der Waals surface area (Å²) in [5.74, 6) is 0. The van der Waals surface area contributed by atoms with Gasteiger partial charge in [0.1, 0.15) is 11.0 Å². The highest BCUT2D eigenvalue weighted by atomic mass is 16.3. The lowest BCUT2D eigenvalue weighted by Gasteiger charge is -2.07. The molecule has 1 heterocycles. The highest BCUT2D eigenvalue weighted by molar-refractivity contribution is 5.88. The van der Waals surface area contributed by atoms with E-state index in [1.165, 1.54) is 10.8 Å². The van der Waals surface area contributed by atoms with Crippen LogP contribution in [0.5, 0.6) is 0 Å². The summed E-state index contributed by atoms with van der Waals surface area (Å²) in [6.45, 7) is 6.00. The molecule has 2 nitrogen and oxygen atoms in total. The lowest BCUT2D eigenvalue weighted by Crippen LogP contribution is -2.17. The maximum absolute atomic E-state index is 5.83. The molecule has 122 valence electrons. The average molecular weight is 325 g/mol. The van der Waals surface area contributed by atoms with Gasteiger partial charge in [0.2, 0.25) is 0 Å². The van der Waals surface area contributed by atoms with Crippen molar-refractivity contribution in [1.29, 1.82) is 0 Å². The molecule has 0 saturated carbocycles. The summed E-state index contributed by atoms with van der Waals surface area (Å²) in [6.07, 6.45) is 6.03. The first kappa shape index (κ1) is 15.3. The van der Waals surface area contributed by atoms with Gasteiger partial charge in [0.25, 0.3) is 0 Å². The predicted molar refractivity (Wildman–Crippen MR) is 107 cm³/mol. The molecule has 0 spiro atoms. The maximum atomic E-state index is 5.83. The molecule has 0 unspecified atom stereocenters. The fourth-order valence-electron chi connectivity index (χ4n) is 3.05. The third-order valence-corrected chi connectivity index (χ3v) is 4.30. The van der Waals surface area contributed by atoms with Crippen LogP contribution in [0.3, 0.4) is 0 Å². The van der Waals surface area contributed by atoms with Gasteiger partial charge in [-0.3, -0.25) is 0 Å². The molecule has 3 aromatic carbocycles. The summed E-state index contributed by atoms with van der Waals surface area (Å²) in [6, 6.07) is 20.9. The van der Waals surface area contributed by atoms with E-state index < -0.39 is 0 Å². The number of furan rings is 1. The number of benzene rings is 3. The third-order valence-electron chi connectivity index (χ3n) is 4.30. The summed E-state index contributed by atoms with van der Waals surface area (Å²) >= 11 is 0. The minimum absolute atomic E-state index is 0.691. The van der Waals surface area contributed by atoms with Gasteiger partial charge < -0.3 is 9.73 Å². The topological polar surface area (TPSA) is 25.2 Å². The number of fused-ring (bicyclic) bond motifs is 2. The quantitative estimate of drug-likeness (QED) is 0.567. The summed E-state index contributed by atoms with van der Waals surface area (Å²) in [5, 5.41) is 8.02. The number of hydrogen-bond donors (Lipinski definition) is 1. The zero-order valence-electron chi connectivity index (χ0n) is 14.1. The second-order valence-electron chi connectivity index (χ2n) is 6.03. The number of rotatable bonds is 3. The zero-order valence-corrected chi connectivity index (χ0v) is 14.1. The van der Waals surface area contributed by atoms with E-state index in [0.29, 0.717) is 5.42 Å². The van der Waals surface area contributed by atoms with Gasteiger partial charge in [0.15, 0.2) is 0 Å². The first-order valence-electron chi connectivity index (χ1n) is 8.35. The van der Waals surface area contributed by atoms with Gasteiger partial charge in [-0.25, -0.2) is 0 Å². The van der Waals surface area contributed by atoms with Crippen molar-refractivity contribution >= 4 is 45.8 Å². The lowest BCUT2D eigenvalue weighted by atomic mass is 10.1. The van der Waals surface area contributed by atoms with Crippen LogP contribution in [-0.2, 0) is 0 Å². The maximum Gasteiger partial charge on any atom is 0.137 e. The molecular weight excluding hydrogens is 306 g/mol. The van der Waals surface area contributed by atoms with Gasteiger partial charge in [-0.2, -0.15) is 0 Å². The Kier molecular flexibility index (Phi) is 3.87. The van der Waals surface area contributed by atoms with Crippen LogP contribution in [0.15, 0.2) is 77.2 Å². The molecule has 0 saturated heterocycles. The van der Waals surface area contributed by atoms with Crippen molar-refractivity contribution in [2.45, 2.75) is 6.92 Å². The first-order chi connectivity index (χ1) is 12.2. The Morgan fingerprint density at radius 2 is 1.68 bits per heavy atom. The van der Waals surface area contributed by atoms with Crippen molar-refractivity contribution in [3.63, 3.8) is 0 Å².